The Hall–Kier alpha value is -0.820. The number of carbonyl (C=O) groups is 4. The molecule has 0 saturated carbocycles. The normalized spacial score (nSPS) is 22.8. The third-order valence-corrected chi connectivity index (χ3v) is 9.45. The number of hydrogen-bond donors (Lipinski definition) is 5. The van der Waals surface area contributed by atoms with Gasteiger partial charge < -0.3 is 26.0 Å². The Kier molecular flexibility index (Phi) is 15.5. The zero-order valence-corrected chi connectivity index (χ0v) is 22.8. The van der Waals surface area contributed by atoms with Crippen LogP contribution in [0, 0.1) is 17.8 Å². The maximum Gasteiger partial charge on any atom is 0.175 e. The van der Waals surface area contributed by atoms with Crippen LogP contribution in [0.2, 0.25) is 0 Å². The maximum atomic E-state index is 13.3. The van der Waals surface area contributed by atoms with Crippen LogP contribution in [0.1, 0.15) is 52.9 Å². The van der Waals surface area contributed by atoms with Gasteiger partial charge in [0.2, 0.25) is 0 Å². The van der Waals surface area contributed by atoms with Gasteiger partial charge >= 0.3 is 0 Å². The van der Waals surface area contributed by atoms with Crippen molar-refractivity contribution in [3.63, 3.8) is 0 Å². The monoisotopic (exact) mass is 534 g/mol. The highest BCUT2D eigenvalue weighted by molar-refractivity contribution is 8.77. The molecule has 1 rings (SSSR count). The molecule has 1 fully saturated rings. The highest BCUT2D eigenvalue weighted by atomic mass is 33.1. The number of rotatable bonds is 17. The van der Waals surface area contributed by atoms with Gasteiger partial charge in [-0.05, 0) is 52.1 Å². The van der Waals surface area contributed by atoms with E-state index in [1.54, 1.807) is 20.9 Å². The van der Waals surface area contributed by atoms with Crippen LogP contribution >= 0.6 is 21.6 Å². The van der Waals surface area contributed by atoms with E-state index >= 15 is 0 Å². The first-order chi connectivity index (χ1) is 16.5. The fraction of sp³-hybridized carbons (Fsp3) is 0.833. The lowest BCUT2D eigenvalue weighted by atomic mass is 9.86. The Morgan fingerprint density at radius 1 is 1.14 bits per heavy atom. The van der Waals surface area contributed by atoms with Gasteiger partial charge in [-0.15, -0.1) is 0 Å². The predicted octanol–water partition coefficient (Wildman–Crippen LogP) is 0.777. The van der Waals surface area contributed by atoms with E-state index in [4.69, 9.17) is 0 Å². The van der Waals surface area contributed by atoms with Crippen LogP contribution in [-0.2, 0) is 19.2 Å². The van der Waals surface area contributed by atoms with Crippen LogP contribution in [0.4, 0.5) is 0 Å². The average molecular weight is 535 g/mol. The number of Topliss-reactive ketones (excluding diaryl/α,β-unsaturated/α-hetero) is 4. The summed E-state index contributed by atoms with van der Waals surface area (Å²) in [5.74, 6) is -1.83. The Morgan fingerprint density at radius 3 is 2.34 bits per heavy atom. The second-order valence-corrected chi connectivity index (χ2v) is 12.3. The second-order valence-electron chi connectivity index (χ2n) is 9.58. The lowest BCUT2D eigenvalue weighted by molar-refractivity contribution is -0.129. The van der Waals surface area contributed by atoms with Crippen LogP contribution in [0.3, 0.4) is 0 Å². The van der Waals surface area contributed by atoms with E-state index in [9.17, 15) is 34.5 Å². The summed E-state index contributed by atoms with van der Waals surface area (Å²) < 4.78 is 0. The molecule has 0 aromatic heterocycles. The first-order valence-electron chi connectivity index (χ1n) is 12.2. The minimum atomic E-state index is -1.13. The summed E-state index contributed by atoms with van der Waals surface area (Å²) in [7, 11) is 4.30. The topological polar surface area (TPSA) is 153 Å². The molecule has 11 heteroatoms. The van der Waals surface area contributed by atoms with E-state index in [-0.39, 0.29) is 74.5 Å². The molecule has 9 nitrogen and oxygen atoms in total. The Labute approximate surface area is 216 Å². The number of aliphatic hydroxyl groups is 3. The van der Waals surface area contributed by atoms with Crippen molar-refractivity contribution in [2.24, 2.45) is 17.8 Å². The van der Waals surface area contributed by atoms with E-state index in [0.717, 1.165) is 0 Å². The predicted molar refractivity (Wildman–Crippen MR) is 139 cm³/mol. The summed E-state index contributed by atoms with van der Waals surface area (Å²) in [6.45, 7) is 5.15. The summed E-state index contributed by atoms with van der Waals surface area (Å²) in [4.78, 5) is 50.5. The van der Waals surface area contributed by atoms with E-state index in [1.807, 2.05) is 0 Å². The Morgan fingerprint density at radius 2 is 1.80 bits per heavy atom. The largest absolute Gasteiger partial charge is 0.396 e. The standard InChI is InChI=1S/C24H42N2O7S2/c1-14(2)22(31)24(33)21-10-17(23(32)20(34-35-21)9-16(12-27)13-28)5-6-18(30)11-26-19(15(3)29)7-8-25-4/h14,16-17,19-22,25-28,31H,5-13H2,1-4H3/t17-,19+,20?,21?,22+/m1/s1. The zero-order valence-electron chi connectivity index (χ0n) is 21.2. The van der Waals surface area contributed by atoms with Crippen molar-refractivity contribution in [2.75, 3.05) is 33.4 Å². The number of aliphatic hydroxyl groups excluding tert-OH is 3. The minimum Gasteiger partial charge on any atom is -0.396 e. The fourth-order valence-electron chi connectivity index (χ4n) is 3.86. The van der Waals surface area contributed by atoms with Gasteiger partial charge in [-0.25, -0.2) is 0 Å². The van der Waals surface area contributed by atoms with Crippen LogP contribution in [0.15, 0.2) is 0 Å². The quantitative estimate of drug-likeness (QED) is 0.168. The van der Waals surface area contributed by atoms with Gasteiger partial charge in [0, 0.05) is 31.5 Å². The van der Waals surface area contributed by atoms with Gasteiger partial charge in [0.15, 0.2) is 5.78 Å². The van der Waals surface area contributed by atoms with E-state index in [2.05, 4.69) is 10.6 Å². The summed E-state index contributed by atoms with van der Waals surface area (Å²) in [5, 5.41) is 34.1. The number of nitrogens with one attached hydrogen (secondary N) is 2. The molecular weight excluding hydrogens is 492 g/mol. The first kappa shape index (κ1) is 32.2. The van der Waals surface area contributed by atoms with Gasteiger partial charge in [-0.3, -0.25) is 19.2 Å². The van der Waals surface area contributed by atoms with E-state index in [1.165, 1.54) is 28.5 Å². The van der Waals surface area contributed by atoms with Gasteiger partial charge in [0.05, 0.1) is 23.1 Å². The molecule has 202 valence electrons. The number of hydrogen-bond acceptors (Lipinski definition) is 11. The fourth-order valence-corrected chi connectivity index (χ4v) is 7.16. The van der Waals surface area contributed by atoms with Crippen LogP contribution in [0.25, 0.3) is 0 Å². The Bertz CT molecular complexity index is 703. The SMILES string of the molecule is CNCC[C@H](NCC(=O)CC[C@@H]1CC(C(=O)[C@@H](O)C(C)C)SSC(CC(CO)CO)C1=O)C(C)=O. The molecular formula is C24H42N2O7S2. The molecule has 0 aliphatic carbocycles. The lowest BCUT2D eigenvalue weighted by Crippen LogP contribution is -2.40. The minimum absolute atomic E-state index is 0.0212. The van der Waals surface area contributed by atoms with Crippen LogP contribution in [-0.4, -0.2) is 94.4 Å². The van der Waals surface area contributed by atoms with E-state index < -0.39 is 34.5 Å². The summed E-state index contributed by atoms with van der Waals surface area (Å²) in [5.41, 5.74) is 0. The molecule has 1 saturated heterocycles. The van der Waals surface area contributed by atoms with Crippen molar-refractivity contribution in [3.8, 4) is 0 Å². The molecule has 2 unspecified atom stereocenters. The number of ketones is 4. The van der Waals surface area contributed by atoms with Gasteiger partial charge in [-0.2, -0.15) is 0 Å². The van der Waals surface area contributed by atoms with Crippen molar-refractivity contribution in [1.82, 2.24) is 10.6 Å². The molecule has 1 aliphatic heterocycles. The maximum absolute atomic E-state index is 13.3. The summed E-state index contributed by atoms with van der Waals surface area (Å²) in [6.07, 6.45) is 0.332. The molecule has 0 bridgehead atoms. The first-order valence-corrected chi connectivity index (χ1v) is 14.5. The van der Waals surface area contributed by atoms with Crippen molar-refractivity contribution >= 4 is 44.7 Å². The lowest BCUT2D eigenvalue weighted by Gasteiger charge is -2.22. The summed E-state index contributed by atoms with van der Waals surface area (Å²) in [6, 6.07) is -0.420. The molecule has 5 N–H and O–H groups in total. The van der Waals surface area contributed by atoms with Gasteiger partial charge in [-0.1, -0.05) is 35.4 Å². The highest BCUT2D eigenvalue weighted by Gasteiger charge is 2.39. The second kappa shape index (κ2) is 16.8. The molecule has 0 spiro atoms. The van der Waals surface area contributed by atoms with Gasteiger partial charge in [0.1, 0.15) is 23.5 Å². The molecule has 1 aliphatic rings. The van der Waals surface area contributed by atoms with Crippen molar-refractivity contribution in [3.05, 3.63) is 0 Å². The molecule has 0 aromatic carbocycles. The van der Waals surface area contributed by atoms with Crippen molar-refractivity contribution < 1.29 is 34.5 Å². The average Bonchev–Trinajstić information content (AvgIpc) is 2.98. The third kappa shape index (κ3) is 11.0. The Balaban J connectivity index is 2.88. The van der Waals surface area contributed by atoms with Crippen molar-refractivity contribution in [1.29, 1.82) is 0 Å². The summed E-state index contributed by atoms with van der Waals surface area (Å²) >= 11 is 0. The molecule has 5 atom stereocenters. The molecule has 0 amide bonds. The third-order valence-electron chi connectivity index (χ3n) is 6.30. The molecule has 1 heterocycles. The zero-order chi connectivity index (χ0) is 26.5. The van der Waals surface area contributed by atoms with Gasteiger partial charge in [0.25, 0.3) is 0 Å². The van der Waals surface area contributed by atoms with Crippen LogP contribution < -0.4 is 10.6 Å². The molecule has 0 radical (unpaired) electrons. The smallest absolute Gasteiger partial charge is 0.175 e. The van der Waals surface area contributed by atoms with E-state index in [0.29, 0.717) is 13.0 Å². The molecule has 35 heavy (non-hydrogen) atoms. The highest BCUT2D eigenvalue weighted by Crippen LogP contribution is 2.44. The number of carbonyl (C=O) groups excluding carboxylic acids is 4. The van der Waals surface area contributed by atoms with Crippen molar-refractivity contribution in [2.45, 2.75) is 75.5 Å². The van der Waals surface area contributed by atoms with Crippen LogP contribution in [0.5, 0.6) is 0 Å². The molecule has 0 aromatic rings.